The predicted octanol–water partition coefficient (Wildman–Crippen LogP) is 1.95. The maximum atomic E-state index is 13.5. The Morgan fingerprint density at radius 1 is 1.25 bits per heavy atom. The molecule has 1 atom stereocenters. The Balaban J connectivity index is 2.07. The number of likely N-dealkylation sites (tertiary alicyclic amines) is 1. The van der Waals surface area contributed by atoms with Gasteiger partial charge >= 0.3 is 0 Å². The van der Waals surface area contributed by atoms with Gasteiger partial charge in [0.1, 0.15) is 0 Å². The van der Waals surface area contributed by atoms with Crippen molar-refractivity contribution in [3.63, 3.8) is 0 Å². The highest BCUT2D eigenvalue weighted by atomic mass is 32.2. The molecule has 1 aliphatic heterocycles. The van der Waals surface area contributed by atoms with Crippen LogP contribution >= 0.6 is 0 Å². The molecule has 0 radical (unpaired) electrons. The van der Waals surface area contributed by atoms with E-state index in [1.807, 2.05) is 19.1 Å². The molecule has 6 heteroatoms. The van der Waals surface area contributed by atoms with Gasteiger partial charge in [-0.15, -0.1) is 0 Å². The van der Waals surface area contributed by atoms with Crippen molar-refractivity contribution in [1.82, 2.24) is 4.90 Å². The molecule has 1 aromatic rings. The van der Waals surface area contributed by atoms with E-state index in [1.165, 1.54) is 0 Å². The molecule has 1 saturated heterocycles. The molecular weight excluding hydrogens is 324 g/mol. The molecule has 2 N–H and O–H groups in total. The van der Waals surface area contributed by atoms with Crippen LogP contribution in [0.15, 0.2) is 23.1 Å². The number of nitrogens with two attached hydrogens (primary N) is 1. The molecule has 0 unspecified atom stereocenters. The van der Waals surface area contributed by atoms with Crippen LogP contribution in [0, 0.1) is 13.8 Å². The number of aryl methyl sites for hydroxylation is 2. The average Bonchev–Trinajstić information content (AvgIpc) is 3.18. The summed E-state index contributed by atoms with van der Waals surface area (Å²) in [6.45, 7) is 4.69. The molecule has 1 amide bonds. The Hall–Kier alpha value is -1.40. The lowest BCUT2D eigenvalue weighted by Gasteiger charge is -2.32. The molecule has 1 heterocycles. The highest BCUT2D eigenvalue weighted by Gasteiger charge is 2.55. The Morgan fingerprint density at radius 3 is 2.50 bits per heavy atom. The fourth-order valence-corrected chi connectivity index (χ4v) is 6.45. The smallest absolute Gasteiger partial charge is 0.244 e. The van der Waals surface area contributed by atoms with E-state index >= 15 is 0 Å². The Kier molecular flexibility index (Phi) is 4.47. The molecule has 0 aromatic heterocycles. The highest BCUT2D eigenvalue weighted by Crippen LogP contribution is 2.43. The lowest BCUT2D eigenvalue weighted by Crippen LogP contribution is -2.52. The van der Waals surface area contributed by atoms with Gasteiger partial charge in [-0.25, -0.2) is 8.42 Å². The summed E-state index contributed by atoms with van der Waals surface area (Å²) >= 11 is 0. The minimum absolute atomic E-state index is 0.0455. The number of benzene rings is 1. The van der Waals surface area contributed by atoms with Gasteiger partial charge in [-0.3, -0.25) is 4.79 Å². The quantitative estimate of drug-likeness (QED) is 0.903. The molecule has 1 aromatic carbocycles. The van der Waals surface area contributed by atoms with Gasteiger partial charge in [-0.05, 0) is 50.3 Å². The van der Waals surface area contributed by atoms with Crippen LogP contribution in [-0.4, -0.2) is 43.1 Å². The van der Waals surface area contributed by atoms with Gasteiger partial charge in [-0.1, -0.05) is 25.0 Å². The summed E-state index contributed by atoms with van der Waals surface area (Å²) in [6.07, 6.45) is 3.11. The Bertz CT molecular complexity index is 752. The first kappa shape index (κ1) is 17.4. The van der Waals surface area contributed by atoms with E-state index in [-0.39, 0.29) is 11.9 Å². The normalized spacial score (nSPS) is 23.6. The summed E-state index contributed by atoms with van der Waals surface area (Å²) in [5.41, 5.74) is 7.52. The molecule has 5 nitrogen and oxygen atoms in total. The van der Waals surface area contributed by atoms with Crippen LogP contribution in [0.4, 0.5) is 0 Å². The SMILES string of the molecule is Cc1ccc(C)c(S(=O)(=O)C2(C(=O)N3CC[C@@H](N)C3)CCCC2)c1. The molecule has 0 bridgehead atoms. The van der Waals surface area contributed by atoms with Crippen LogP contribution in [0.25, 0.3) is 0 Å². The first-order chi connectivity index (χ1) is 11.3. The van der Waals surface area contributed by atoms with Gasteiger partial charge in [0.25, 0.3) is 0 Å². The van der Waals surface area contributed by atoms with Crippen molar-refractivity contribution >= 4 is 15.7 Å². The topological polar surface area (TPSA) is 80.5 Å². The van der Waals surface area contributed by atoms with E-state index in [0.29, 0.717) is 36.4 Å². The van der Waals surface area contributed by atoms with Crippen LogP contribution in [0.2, 0.25) is 0 Å². The lowest BCUT2D eigenvalue weighted by atomic mass is 10.1. The van der Waals surface area contributed by atoms with Crippen LogP contribution < -0.4 is 5.73 Å². The third-order valence-corrected chi connectivity index (χ3v) is 8.09. The summed E-state index contributed by atoms with van der Waals surface area (Å²) < 4.78 is 25.8. The minimum atomic E-state index is -3.74. The van der Waals surface area contributed by atoms with E-state index in [1.54, 1.807) is 17.9 Å². The van der Waals surface area contributed by atoms with Crippen molar-refractivity contribution in [3.8, 4) is 0 Å². The fourth-order valence-electron chi connectivity index (χ4n) is 4.01. The fraction of sp³-hybridized carbons (Fsp3) is 0.611. The van der Waals surface area contributed by atoms with E-state index in [4.69, 9.17) is 5.73 Å². The van der Waals surface area contributed by atoms with Gasteiger partial charge in [0.05, 0.1) is 4.90 Å². The molecule has 2 aliphatic rings. The molecular formula is C18H26N2O3S. The maximum absolute atomic E-state index is 13.5. The zero-order chi connectivity index (χ0) is 17.5. The molecule has 132 valence electrons. The van der Waals surface area contributed by atoms with E-state index in [9.17, 15) is 13.2 Å². The number of sulfone groups is 1. The van der Waals surface area contributed by atoms with E-state index < -0.39 is 14.6 Å². The van der Waals surface area contributed by atoms with Crippen molar-refractivity contribution in [2.75, 3.05) is 13.1 Å². The average molecular weight is 350 g/mol. The number of rotatable bonds is 3. The zero-order valence-electron chi connectivity index (χ0n) is 14.4. The second-order valence-electron chi connectivity index (χ2n) is 7.27. The van der Waals surface area contributed by atoms with Crippen molar-refractivity contribution in [1.29, 1.82) is 0 Å². The Morgan fingerprint density at radius 2 is 1.92 bits per heavy atom. The first-order valence-electron chi connectivity index (χ1n) is 8.65. The molecule has 1 saturated carbocycles. The van der Waals surface area contributed by atoms with Gasteiger partial charge in [0.15, 0.2) is 14.6 Å². The minimum Gasteiger partial charge on any atom is -0.340 e. The van der Waals surface area contributed by atoms with Gasteiger partial charge in [0.2, 0.25) is 5.91 Å². The van der Waals surface area contributed by atoms with Crippen LogP contribution in [-0.2, 0) is 14.6 Å². The third-order valence-electron chi connectivity index (χ3n) is 5.46. The van der Waals surface area contributed by atoms with Gasteiger partial charge in [0, 0.05) is 19.1 Å². The van der Waals surface area contributed by atoms with Crippen LogP contribution in [0.5, 0.6) is 0 Å². The molecule has 0 spiro atoms. The lowest BCUT2D eigenvalue weighted by molar-refractivity contribution is -0.132. The standard InChI is InChI=1S/C18H26N2O3S/c1-13-5-6-14(2)16(11-13)24(22,23)18(8-3-4-9-18)17(21)20-10-7-15(19)12-20/h5-6,11,15H,3-4,7-10,12,19H2,1-2H3/t15-/m1/s1. The number of nitrogens with zero attached hydrogens (tertiary/aromatic N) is 1. The Labute approximate surface area is 144 Å². The summed E-state index contributed by atoms with van der Waals surface area (Å²) in [5, 5.41) is 0. The summed E-state index contributed by atoms with van der Waals surface area (Å²) in [6, 6.07) is 5.38. The van der Waals surface area contributed by atoms with Crippen molar-refractivity contribution in [3.05, 3.63) is 29.3 Å². The van der Waals surface area contributed by atoms with Gasteiger partial charge < -0.3 is 10.6 Å². The van der Waals surface area contributed by atoms with Gasteiger partial charge in [-0.2, -0.15) is 0 Å². The number of carbonyl (C=O) groups excluding carboxylic acids is 1. The number of hydrogen-bond donors (Lipinski definition) is 1. The second-order valence-corrected chi connectivity index (χ2v) is 9.50. The molecule has 2 fully saturated rings. The third kappa shape index (κ3) is 2.65. The molecule has 1 aliphatic carbocycles. The predicted molar refractivity (Wildman–Crippen MR) is 93.5 cm³/mol. The van der Waals surface area contributed by atoms with E-state index in [0.717, 1.165) is 24.8 Å². The highest BCUT2D eigenvalue weighted by molar-refractivity contribution is 7.93. The van der Waals surface area contributed by atoms with E-state index in [2.05, 4.69) is 0 Å². The first-order valence-corrected chi connectivity index (χ1v) is 10.1. The summed E-state index contributed by atoms with van der Waals surface area (Å²) in [4.78, 5) is 15.2. The second kappa shape index (κ2) is 6.15. The number of amides is 1. The van der Waals surface area contributed by atoms with Crippen LogP contribution in [0.3, 0.4) is 0 Å². The van der Waals surface area contributed by atoms with Crippen molar-refractivity contribution in [2.24, 2.45) is 5.73 Å². The monoisotopic (exact) mass is 350 g/mol. The molecule has 3 rings (SSSR count). The summed E-state index contributed by atoms with van der Waals surface area (Å²) in [5.74, 6) is -0.242. The van der Waals surface area contributed by atoms with Crippen LogP contribution in [0.1, 0.15) is 43.2 Å². The maximum Gasteiger partial charge on any atom is 0.244 e. The largest absolute Gasteiger partial charge is 0.340 e. The number of carbonyl (C=O) groups is 1. The zero-order valence-corrected chi connectivity index (χ0v) is 15.2. The van der Waals surface area contributed by atoms with Crippen molar-refractivity contribution in [2.45, 2.75) is 61.6 Å². The molecule has 24 heavy (non-hydrogen) atoms. The summed E-state index contributed by atoms with van der Waals surface area (Å²) in [7, 11) is -3.74. The number of hydrogen-bond acceptors (Lipinski definition) is 4. The van der Waals surface area contributed by atoms with Crippen molar-refractivity contribution < 1.29 is 13.2 Å².